The van der Waals surface area contributed by atoms with Crippen molar-refractivity contribution >= 4 is 11.9 Å². The molecular formula is C18H16O4. The molecular weight excluding hydrogens is 280 g/mol. The van der Waals surface area contributed by atoms with Crippen molar-refractivity contribution in [3.8, 4) is 11.1 Å². The molecule has 0 atom stereocenters. The van der Waals surface area contributed by atoms with E-state index in [9.17, 15) is 19.8 Å². The molecule has 22 heavy (non-hydrogen) atoms. The van der Waals surface area contributed by atoms with Gasteiger partial charge in [0.25, 0.3) is 0 Å². The highest BCUT2D eigenvalue weighted by Crippen LogP contribution is 2.48. The number of rotatable bonds is 4. The van der Waals surface area contributed by atoms with E-state index in [1.54, 1.807) is 36.4 Å². The molecule has 1 aliphatic carbocycles. The molecule has 0 bridgehead atoms. The SMILES string of the molecule is Cc1ccc(-c2ccc(C3(C(=O)O)CC3)cc2)c(C(=O)O)c1. The first kappa shape index (κ1) is 14.3. The van der Waals surface area contributed by atoms with Crippen LogP contribution in [0.3, 0.4) is 0 Å². The molecule has 1 saturated carbocycles. The van der Waals surface area contributed by atoms with E-state index in [2.05, 4.69) is 0 Å². The summed E-state index contributed by atoms with van der Waals surface area (Å²) in [5.74, 6) is -1.76. The Labute approximate surface area is 128 Å². The van der Waals surface area contributed by atoms with Crippen molar-refractivity contribution < 1.29 is 19.8 Å². The zero-order valence-electron chi connectivity index (χ0n) is 12.2. The fraction of sp³-hybridized carbons (Fsp3) is 0.222. The van der Waals surface area contributed by atoms with E-state index < -0.39 is 17.4 Å². The molecule has 1 aliphatic rings. The number of benzene rings is 2. The summed E-state index contributed by atoms with van der Waals surface area (Å²) in [6.07, 6.45) is 1.32. The molecule has 1 fully saturated rings. The van der Waals surface area contributed by atoms with Gasteiger partial charge in [-0.05, 0) is 42.5 Å². The number of carboxylic acid groups (broad SMARTS) is 2. The first-order valence-corrected chi connectivity index (χ1v) is 7.12. The number of aromatic carboxylic acids is 1. The second-order valence-corrected chi connectivity index (χ2v) is 5.82. The first-order chi connectivity index (χ1) is 10.4. The monoisotopic (exact) mass is 296 g/mol. The number of hydrogen-bond acceptors (Lipinski definition) is 2. The largest absolute Gasteiger partial charge is 0.481 e. The van der Waals surface area contributed by atoms with Crippen LogP contribution in [0.5, 0.6) is 0 Å². The summed E-state index contributed by atoms with van der Waals surface area (Å²) in [6.45, 7) is 1.85. The third-order valence-electron chi connectivity index (χ3n) is 4.31. The average Bonchev–Trinajstić information content (AvgIpc) is 3.29. The van der Waals surface area contributed by atoms with Gasteiger partial charge in [-0.1, -0.05) is 42.0 Å². The number of carbonyl (C=O) groups is 2. The number of hydrogen-bond donors (Lipinski definition) is 2. The molecule has 112 valence electrons. The van der Waals surface area contributed by atoms with E-state index in [1.807, 2.05) is 13.0 Å². The third kappa shape index (κ3) is 2.26. The Morgan fingerprint density at radius 2 is 1.64 bits per heavy atom. The van der Waals surface area contributed by atoms with E-state index in [0.717, 1.165) is 16.7 Å². The molecule has 0 spiro atoms. The minimum Gasteiger partial charge on any atom is -0.481 e. The first-order valence-electron chi connectivity index (χ1n) is 7.12. The molecule has 0 heterocycles. The van der Waals surface area contributed by atoms with E-state index in [1.165, 1.54) is 0 Å². The highest BCUT2D eigenvalue weighted by Gasteiger charge is 2.51. The van der Waals surface area contributed by atoms with Crippen molar-refractivity contribution in [2.75, 3.05) is 0 Å². The number of aliphatic carboxylic acids is 1. The molecule has 2 aromatic carbocycles. The minimum atomic E-state index is -0.966. The van der Waals surface area contributed by atoms with E-state index in [4.69, 9.17) is 0 Å². The van der Waals surface area contributed by atoms with Gasteiger partial charge >= 0.3 is 11.9 Å². The van der Waals surface area contributed by atoms with Gasteiger partial charge in [-0.15, -0.1) is 0 Å². The highest BCUT2D eigenvalue weighted by atomic mass is 16.4. The maximum Gasteiger partial charge on any atom is 0.336 e. The summed E-state index contributed by atoms with van der Waals surface area (Å²) in [4.78, 5) is 22.7. The van der Waals surface area contributed by atoms with Crippen LogP contribution in [-0.4, -0.2) is 22.2 Å². The molecule has 0 aromatic heterocycles. The molecule has 2 aromatic rings. The Morgan fingerprint density at radius 3 is 2.14 bits per heavy atom. The Kier molecular flexibility index (Phi) is 3.24. The second-order valence-electron chi connectivity index (χ2n) is 5.82. The maximum atomic E-state index is 11.4. The molecule has 4 heteroatoms. The van der Waals surface area contributed by atoms with Crippen LogP contribution in [0.1, 0.15) is 34.3 Å². The van der Waals surface area contributed by atoms with Crippen LogP contribution < -0.4 is 0 Å². The van der Waals surface area contributed by atoms with Crippen molar-refractivity contribution in [2.45, 2.75) is 25.2 Å². The van der Waals surface area contributed by atoms with Gasteiger partial charge in [-0.25, -0.2) is 4.79 Å². The van der Waals surface area contributed by atoms with E-state index in [-0.39, 0.29) is 5.56 Å². The molecule has 3 rings (SSSR count). The van der Waals surface area contributed by atoms with Crippen LogP contribution >= 0.6 is 0 Å². The van der Waals surface area contributed by atoms with E-state index in [0.29, 0.717) is 18.4 Å². The van der Waals surface area contributed by atoms with Crippen molar-refractivity contribution in [3.05, 3.63) is 59.2 Å². The van der Waals surface area contributed by atoms with Gasteiger partial charge in [0.2, 0.25) is 0 Å². The van der Waals surface area contributed by atoms with Crippen LogP contribution in [-0.2, 0) is 10.2 Å². The molecule has 0 saturated heterocycles. The van der Waals surface area contributed by atoms with Gasteiger partial charge in [0, 0.05) is 0 Å². The summed E-state index contributed by atoms with van der Waals surface area (Å²) in [5, 5.41) is 18.7. The highest BCUT2D eigenvalue weighted by molar-refractivity contribution is 5.96. The van der Waals surface area contributed by atoms with Gasteiger partial charge in [-0.3, -0.25) is 4.79 Å². The van der Waals surface area contributed by atoms with Crippen LogP contribution in [0.25, 0.3) is 11.1 Å². The molecule has 0 aliphatic heterocycles. The Balaban J connectivity index is 2.01. The van der Waals surface area contributed by atoms with Gasteiger partial charge in [0.1, 0.15) is 0 Å². The normalized spacial score (nSPS) is 15.3. The van der Waals surface area contributed by atoms with Crippen LogP contribution in [0, 0.1) is 6.92 Å². The van der Waals surface area contributed by atoms with Crippen LogP contribution in [0.15, 0.2) is 42.5 Å². The number of aryl methyl sites for hydroxylation is 1. The Bertz CT molecular complexity index is 755. The van der Waals surface area contributed by atoms with Gasteiger partial charge in [-0.2, -0.15) is 0 Å². The maximum absolute atomic E-state index is 11.4. The summed E-state index contributed by atoms with van der Waals surface area (Å²) >= 11 is 0. The lowest BCUT2D eigenvalue weighted by Gasteiger charge is -2.12. The molecule has 0 amide bonds. The fourth-order valence-electron chi connectivity index (χ4n) is 2.81. The van der Waals surface area contributed by atoms with Gasteiger partial charge < -0.3 is 10.2 Å². The van der Waals surface area contributed by atoms with Gasteiger partial charge in [0.15, 0.2) is 0 Å². The average molecular weight is 296 g/mol. The lowest BCUT2D eigenvalue weighted by atomic mass is 9.92. The van der Waals surface area contributed by atoms with Crippen molar-refractivity contribution in [1.29, 1.82) is 0 Å². The summed E-state index contributed by atoms with van der Waals surface area (Å²) in [7, 11) is 0. The van der Waals surface area contributed by atoms with Crippen LogP contribution in [0.2, 0.25) is 0 Å². The second kappa shape index (κ2) is 4.98. The molecule has 0 unspecified atom stereocenters. The summed E-state index contributed by atoms with van der Waals surface area (Å²) in [6, 6.07) is 12.5. The Morgan fingerprint density at radius 1 is 1.00 bits per heavy atom. The zero-order valence-corrected chi connectivity index (χ0v) is 12.2. The smallest absolute Gasteiger partial charge is 0.336 e. The predicted molar refractivity (Wildman–Crippen MR) is 82.1 cm³/mol. The van der Waals surface area contributed by atoms with Crippen molar-refractivity contribution in [3.63, 3.8) is 0 Å². The predicted octanol–water partition coefficient (Wildman–Crippen LogP) is 3.48. The Hall–Kier alpha value is -2.62. The summed E-state index contributed by atoms with van der Waals surface area (Å²) in [5.41, 5.74) is 2.62. The van der Waals surface area contributed by atoms with Crippen molar-refractivity contribution in [1.82, 2.24) is 0 Å². The van der Waals surface area contributed by atoms with Gasteiger partial charge in [0.05, 0.1) is 11.0 Å². The lowest BCUT2D eigenvalue weighted by molar-refractivity contribution is -0.140. The lowest BCUT2D eigenvalue weighted by Crippen LogP contribution is -2.19. The molecule has 4 nitrogen and oxygen atoms in total. The van der Waals surface area contributed by atoms with E-state index >= 15 is 0 Å². The third-order valence-corrected chi connectivity index (χ3v) is 4.31. The minimum absolute atomic E-state index is 0.257. The fourth-order valence-corrected chi connectivity index (χ4v) is 2.81. The summed E-state index contributed by atoms with van der Waals surface area (Å²) < 4.78 is 0. The topological polar surface area (TPSA) is 74.6 Å². The molecule has 0 radical (unpaired) electrons. The number of carboxylic acids is 2. The standard InChI is InChI=1S/C18H16O4/c1-11-2-7-14(15(10-11)16(19)20)12-3-5-13(6-4-12)18(8-9-18)17(21)22/h2-7,10H,8-9H2,1H3,(H,19,20)(H,21,22). The van der Waals surface area contributed by atoms with Crippen molar-refractivity contribution in [2.24, 2.45) is 0 Å². The quantitative estimate of drug-likeness (QED) is 0.905. The van der Waals surface area contributed by atoms with Crippen LogP contribution in [0.4, 0.5) is 0 Å². The zero-order chi connectivity index (χ0) is 15.9. The molecule has 2 N–H and O–H groups in total.